The lowest BCUT2D eigenvalue weighted by Gasteiger charge is -2.58. The zero-order chi connectivity index (χ0) is 15.0. The third-order valence-electron chi connectivity index (χ3n) is 7.58. The van der Waals surface area contributed by atoms with Crippen LogP contribution in [0.3, 0.4) is 0 Å². The molecule has 5 unspecified atom stereocenters. The molecule has 2 fully saturated rings. The predicted octanol–water partition coefficient (Wildman–Crippen LogP) is 6.69. The van der Waals surface area contributed by atoms with Crippen LogP contribution in [0.4, 0.5) is 0 Å². The summed E-state index contributed by atoms with van der Waals surface area (Å²) in [6.07, 6.45) is 11.7. The van der Waals surface area contributed by atoms with Crippen LogP contribution in [0, 0.1) is 34.5 Å². The summed E-state index contributed by atoms with van der Waals surface area (Å²) in [5, 5.41) is 0. The second-order valence-corrected chi connectivity index (χ2v) is 9.13. The molecular weight excluding hydrogens is 240 g/mol. The summed E-state index contributed by atoms with van der Waals surface area (Å²) in [5.41, 5.74) is 1.21. The Hall–Kier alpha value is 0. The van der Waals surface area contributed by atoms with E-state index in [2.05, 4.69) is 41.5 Å². The molecule has 0 aromatic carbocycles. The fraction of sp³-hybridized carbons (Fsp3) is 1.00. The maximum Gasteiger partial charge on any atom is -0.0269 e. The molecule has 0 aromatic heterocycles. The van der Waals surface area contributed by atoms with E-state index >= 15 is 0 Å². The van der Waals surface area contributed by atoms with Crippen molar-refractivity contribution in [3.63, 3.8) is 0 Å². The minimum atomic E-state index is 0.598. The molecule has 2 saturated carbocycles. The van der Waals surface area contributed by atoms with Crippen LogP contribution in [-0.4, -0.2) is 0 Å². The van der Waals surface area contributed by atoms with E-state index in [0.717, 1.165) is 23.7 Å². The number of hydrogen-bond acceptors (Lipinski definition) is 0. The summed E-state index contributed by atoms with van der Waals surface area (Å²) in [6.45, 7) is 15.1. The summed E-state index contributed by atoms with van der Waals surface area (Å²) < 4.78 is 0. The van der Waals surface area contributed by atoms with Crippen molar-refractivity contribution in [1.82, 2.24) is 0 Å². The first-order valence-corrected chi connectivity index (χ1v) is 9.31. The topological polar surface area (TPSA) is 0 Å². The van der Waals surface area contributed by atoms with E-state index in [4.69, 9.17) is 0 Å². The van der Waals surface area contributed by atoms with Crippen LogP contribution in [0.5, 0.6) is 0 Å². The van der Waals surface area contributed by atoms with Gasteiger partial charge in [0.05, 0.1) is 0 Å². The average Bonchev–Trinajstić information content (AvgIpc) is 2.40. The third-order valence-corrected chi connectivity index (χ3v) is 7.58. The summed E-state index contributed by atoms with van der Waals surface area (Å²) >= 11 is 0. The molecule has 0 N–H and O–H groups in total. The van der Waals surface area contributed by atoms with E-state index in [1.54, 1.807) is 0 Å². The normalized spacial score (nSPS) is 42.0. The fourth-order valence-electron chi connectivity index (χ4n) is 5.41. The molecule has 0 saturated heterocycles. The maximum absolute atomic E-state index is 2.65. The van der Waals surface area contributed by atoms with Crippen molar-refractivity contribution < 1.29 is 0 Å². The van der Waals surface area contributed by atoms with Crippen LogP contribution in [0.25, 0.3) is 0 Å². The van der Waals surface area contributed by atoms with Gasteiger partial charge in [0.15, 0.2) is 0 Å². The zero-order valence-electron chi connectivity index (χ0n) is 15.0. The maximum atomic E-state index is 2.65. The van der Waals surface area contributed by atoms with Gasteiger partial charge >= 0.3 is 0 Å². The van der Waals surface area contributed by atoms with Crippen LogP contribution in [0.1, 0.15) is 92.9 Å². The zero-order valence-corrected chi connectivity index (χ0v) is 15.0. The highest BCUT2D eigenvalue weighted by Gasteiger charge is 2.51. The van der Waals surface area contributed by atoms with E-state index in [-0.39, 0.29) is 0 Å². The molecule has 0 amide bonds. The predicted molar refractivity (Wildman–Crippen MR) is 89.8 cm³/mol. The quantitative estimate of drug-likeness (QED) is 0.537. The smallest absolute Gasteiger partial charge is 0.0269 e. The minimum Gasteiger partial charge on any atom is -0.0651 e. The molecule has 0 aromatic rings. The lowest BCUT2D eigenvalue weighted by molar-refractivity contribution is -0.0809. The van der Waals surface area contributed by atoms with Crippen molar-refractivity contribution in [3.8, 4) is 0 Å². The average molecular weight is 279 g/mol. The van der Waals surface area contributed by atoms with Crippen molar-refractivity contribution in [2.45, 2.75) is 92.9 Å². The van der Waals surface area contributed by atoms with E-state index in [1.807, 2.05) is 0 Å². The molecule has 2 aliphatic rings. The van der Waals surface area contributed by atoms with Gasteiger partial charge in [-0.25, -0.2) is 0 Å². The highest BCUT2D eigenvalue weighted by Crippen LogP contribution is 2.60. The second-order valence-electron chi connectivity index (χ2n) is 9.13. The molecule has 5 atom stereocenters. The molecule has 0 radical (unpaired) electrons. The first kappa shape index (κ1) is 16.4. The van der Waals surface area contributed by atoms with Gasteiger partial charge in [-0.15, -0.1) is 0 Å². The Kier molecular flexibility index (Phi) is 4.92. The Morgan fingerprint density at radius 2 is 1.75 bits per heavy atom. The fourth-order valence-corrected chi connectivity index (χ4v) is 5.41. The lowest BCUT2D eigenvalue weighted by atomic mass is 9.47. The van der Waals surface area contributed by atoms with Gasteiger partial charge < -0.3 is 0 Å². The summed E-state index contributed by atoms with van der Waals surface area (Å²) in [6, 6.07) is 0. The summed E-state index contributed by atoms with van der Waals surface area (Å²) in [7, 11) is 0. The first-order chi connectivity index (χ1) is 9.31. The van der Waals surface area contributed by atoms with Gasteiger partial charge in [-0.3, -0.25) is 0 Å². The van der Waals surface area contributed by atoms with Crippen LogP contribution >= 0.6 is 0 Å². The van der Waals surface area contributed by atoms with Crippen LogP contribution in [0.15, 0.2) is 0 Å². The molecule has 118 valence electrons. The molecule has 0 nitrogen and oxygen atoms in total. The Bertz CT molecular complexity index is 316. The minimum absolute atomic E-state index is 0.598. The van der Waals surface area contributed by atoms with Gasteiger partial charge in [0, 0.05) is 0 Å². The van der Waals surface area contributed by atoms with E-state index in [0.29, 0.717) is 10.8 Å². The number of rotatable bonds is 4. The number of fused-ring (bicyclic) bond motifs is 1. The number of hydrogen-bond donors (Lipinski definition) is 0. The van der Waals surface area contributed by atoms with Crippen LogP contribution in [0.2, 0.25) is 0 Å². The lowest BCUT2D eigenvalue weighted by Crippen LogP contribution is -2.49. The van der Waals surface area contributed by atoms with E-state index in [9.17, 15) is 0 Å². The molecule has 0 heteroatoms. The summed E-state index contributed by atoms with van der Waals surface area (Å²) in [4.78, 5) is 0. The van der Waals surface area contributed by atoms with Crippen molar-refractivity contribution in [2.24, 2.45) is 34.5 Å². The van der Waals surface area contributed by atoms with Crippen molar-refractivity contribution in [1.29, 1.82) is 0 Å². The molecule has 20 heavy (non-hydrogen) atoms. The Labute approximate surface area is 128 Å². The molecule has 0 heterocycles. The summed E-state index contributed by atoms with van der Waals surface area (Å²) in [5.74, 6) is 3.84. The van der Waals surface area contributed by atoms with Gasteiger partial charge in [-0.2, -0.15) is 0 Å². The molecule has 0 spiro atoms. The second kappa shape index (κ2) is 6.01. The Morgan fingerprint density at radius 1 is 1.05 bits per heavy atom. The SMILES string of the molecule is CCC(C)CCC1(C)C(C)CCC2C1CCCC2(C)C. The van der Waals surface area contributed by atoms with Gasteiger partial charge in [0.25, 0.3) is 0 Å². The van der Waals surface area contributed by atoms with Gasteiger partial charge in [0.2, 0.25) is 0 Å². The molecule has 2 aliphatic carbocycles. The van der Waals surface area contributed by atoms with Crippen LogP contribution < -0.4 is 0 Å². The monoisotopic (exact) mass is 278 g/mol. The molecule has 0 aliphatic heterocycles. The van der Waals surface area contributed by atoms with Gasteiger partial charge in [-0.1, -0.05) is 60.8 Å². The largest absolute Gasteiger partial charge is 0.0651 e. The Morgan fingerprint density at radius 3 is 2.40 bits per heavy atom. The van der Waals surface area contributed by atoms with Gasteiger partial charge in [-0.05, 0) is 66.6 Å². The standard InChI is InChI=1S/C20H38/c1-7-15(2)12-14-20(6)16(3)10-11-17-18(20)9-8-13-19(17,4)5/h15-18H,7-14H2,1-6H3. The van der Waals surface area contributed by atoms with Crippen molar-refractivity contribution in [2.75, 3.05) is 0 Å². The van der Waals surface area contributed by atoms with E-state index in [1.165, 1.54) is 51.4 Å². The highest BCUT2D eigenvalue weighted by molar-refractivity contribution is 5.01. The van der Waals surface area contributed by atoms with Crippen LogP contribution in [-0.2, 0) is 0 Å². The molecular formula is C20H38. The molecule has 0 bridgehead atoms. The van der Waals surface area contributed by atoms with E-state index < -0.39 is 0 Å². The van der Waals surface area contributed by atoms with Crippen molar-refractivity contribution >= 4 is 0 Å². The van der Waals surface area contributed by atoms with Crippen molar-refractivity contribution in [3.05, 3.63) is 0 Å². The first-order valence-electron chi connectivity index (χ1n) is 9.31. The highest BCUT2D eigenvalue weighted by atomic mass is 14.6. The molecule has 2 rings (SSSR count). The van der Waals surface area contributed by atoms with Gasteiger partial charge in [0.1, 0.15) is 0 Å². The Balaban J connectivity index is 2.15. The third kappa shape index (κ3) is 2.95.